The Hall–Kier alpha value is -4.71. The van der Waals surface area contributed by atoms with E-state index in [0.29, 0.717) is 0 Å². The van der Waals surface area contributed by atoms with Crippen molar-refractivity contribution < 1.29 is 19.5 Å². The molecule has 4 aromatic rings. The third kappa shape index (κ3) is 6.45. The highest BCUT2D eigenvalue weighted by atomic mass is 16.4. The molecule has 3 atom stereocenters. The molecule has 0 saturated heterocycles. The Bertz CT molecular complexity index is 1400. The van der Waals surface area contributed by atoms with Crippen LogP contribution in [0.25, 0.3) is 0 Å². The second-order valence-electron chi connectivity index (χ2n) is 13.0. The van der Waals surface area contributed by atoms with E-state index >= 15 is 0 Å². The summed E-state index contributed by atoms with van der Waals surface area (Å²) in [5.74, 6) is -1.87. The van der Waals surface area contributed by atoms with Crippen LogP contribution < -0.4 is 15.7 Å². The molecule has 6 nitrogen and oxygen atoms in total. The van der Waals surface area contributed by atoms with Gasteiger partial charge in [0.05, 0.1) is 12.1 Å². The summed E-state index contributed by atoms with van der Waals surface area (Å²) in [6.07, 6.45) is 0.273. The first-order valence-electron chi connectivity index (χ1n) is 15.1. The highest BCUT2D eigenvalue weighted by Gasteiger charge is 2.56. The van der Waals surface area contributed by atoms with Crippen LogP contribution in [0.5, 0.6) is 0 Å². The normalized spacial score (nSPS) is 23.2. The molecule has 0 heterocycles. The van der Waals surface area contributed by atoms with E-state index in [1.165, 1.54) is 0 Å². The van der Waals surface area contributed by atoms with Crippen LogP contribution >= 0.6 is 0 Å². The molecular formula is C38H39N2O4-. The van der Waals surface area contributed by atoms with Gasteiger partial charge in [-0.2, -0.15) is 0 Å². The summed E-state index contributed by atoms with van der Waals surface area (Å²) < 4.78 is 0. The molecule has 4 aromatic carbocycles. The topological polar surface area (TPSA) is 98.3 Å². The Morgan fingerprint density at radius 3 is 1.00 bits per heavy atom. The lowest BCUT2D eigenvalue weighted by molar-refractivity contribution is -0.322. The average Bonchev–Trinajstić information content (AvgIpc) is 3.03. The number of carboxylic acid groups (broad SMARTS) is 1. The molecule has 0 radical (unpaired) electrons. The van der Waals surface area contributed by atoms with E-state index in [9.17, 15) is 19.5 Å². The van der Waals surface area contributed by atoms with Gasteiger partial charge in [-0.3, -0.25) is 9.59 Å². The van der Waals surface area contributed by atoms with Crippen LogP contribution in [0.3, 0.4) is 0 Å². The number of rotatable bonds is 9. The number of carbonyl (C=O) groups is 3. The molecule has 226 valence electrons. The van der Waals surface area contributed by atoms with Gasteiger partial charge in [0, 0.05) is 22.2 Å². The maximum absolute atomic E-state index is 14.3. The minimum Gasteiger partial charge on any atom is -0.550 e. The zero-order valence-corrected chi connectivity index (χ0v) is 25.5. The Morgan fingerprint density at radius 1 is 0.500 bits per heavy atom. The van der Waals surface area contributed by atoms with Crippen molar-refractivity contribution >= 4 is 17.8 Å². The molecule has 44 heavy (non-hydrogen) atoms. The summed E-state index contributed by atoms with van der Waals surface area (Å²) in [6.45, 7) is 5.14. The second-order valence-corrected chi connectivity index (χ2v) is 13.0. The minimum absolute atomic E-state index is 0.0497. The summed E-state index contributed by atoms with van der Waals surface area (Å²) in [5, 5.41) is 19.1. The first-order valence-corrected chi connectivity index (χ1v) is 15.1. The molecule has 1 fully saturated rings. The van der Waals surface area contributed by atoms with Crippen molar-refractivity contribution in [1.29, 1.82) is 0 Å². The van der Waals surface area contributed by atoms with Crippen molar-refractivity contribution in [2.75, 3.05) is 0 Å². The first-order chi connectivity index (χ1) is 21.0. The number of hydrogen-bond acceptors (Lipinski definition) is 4. The summed E-state index contributed by atoms with van der Waals surface area (Å²) in [5.41, 5.74) is -0.121. The van der Waals surface area contributed by atoms with Gasteiger partial charge in [0.25, 0.3) is 0 Å². The van der Waals surface area contributed by atoms with Crippen molar-refractivity contribution in [3.63, 3.8) is 0 Å². The molecule has 0 aliphatic heterocycles. The Balaban J connectivity index is 1.48. The first kappa shape index (κ1) is 30.7. The lowest BCUT2D eigenvalue weighted by atomic mass is 9.53. The highest BCUT2D eigenvalue weighted by molar-refractivity contribution is 5.89. The third-order valence-electron chi connectivity index (χ3n) is 9.01. The van der Waals surface area contributed by atoms with E-state index in [1.54, 1.807) is 20.8 Å². The summed E-state index contributed by atoms with van der Waals surface area (Å²) >= 11 is 0. The SMILES string of the molecule is CC1(C(=O)[O-])C[C@](C)(C(=O)NC(c2ccccc2)c2ccccc2)C[C@](C)(C(=O)NC(c2ccccc2)c2ccccc2)C1. The largest absolute Gasteiger partial charge is 0.550 e. The summed E-state index contributed by atoms with van der Waals surface area (Å²) in [7, 11) is 0. The van der Waals surface area contributed by atoms with Crippen LogP contribution in [0.4, 0.5) is 0 Å². The van der Waals surface area contributed by atoms with Gasteiger partial charge in [-0.25, -0.2) is 0 Å². The minimum atomic E-state index is -1.40. The zero-order chi connectivity index (χ0) is 31.4. The molecule has 5 rings (SSSR count). The molecule has 1 unspecified atom stereocenters. The van der Waals surface area contributed by atoms with Gasteiger partial charge in [-0.1, -0.05) is 142 Å². The van der Waals surface area contributed by atoms with Gasteiger partial charge in [0.2, 0.25) is 11.8 Å². The smallest absolute Gasteiger partial charge is 0.226 e. The van der Waals surface area contributed by atoms with Gasteiger partial charge in [0.15, 0.2) is 0 Å². The van der Waals surface area contributed by atoms with Crippen molar-refractivity contribution in [1.82, 2.24) is 10.6 Å². The van der Waals surface area contributed by atoms with Gasteiger partial charge < -0.3 is 20.5 Å². The zero-order valence-electron chi connectivity index (χ0n) is 25.5. The Morgan fingerprint density at radius 2 is 0.750 bits per heavy atom. The highest BCUT2D eigenvalue weighted by Crippen LogP contribution is 2.55. The van der Waals surface area contributed by atoms with E-state index in [-0.39, 0.29) is 31.1 Å². The quantitative estimate of drug-likeness (QED) is 0.261. The van der Waals surface area contributed by atoms with Crippen LogP contribution in [0.2, 0.25) is 0 Å². The van der Waals surface area contributed by atoms with Gasteiger partial charge in [-0.15, -0.1) is 0 Å². The van der Waals surface area contributed by atoms with E-state index < -0.39 is 34.3 Å². The predicted molar refractivity (Wildman–Crippen MR) is 169 cm³/mol. The Labute approximate surface area is 259 Å². The van der Waals surface area contributed by atoms with E-state index in [1.807, 2.05) is 121 Å². The predicted octanol–water partition coefficient (Wildman–Crippen LogP) is 5.75. The summed E-state index contributed by atoms with van der Waals surface area (Å²) in [4.78, 5) is 41.3. The number of carboxylic acids is 1. The van der Waals surface area contributed by atoms with Crippen LogP contribution in [-0.2, 0) is 14.4 Å². The van der Waals surface area contributed by atoms with Crippen LogP contribution in [0.15, 0.2) is 121 Å². The average molecular weight is 588 g/mol. The molecule has 0 spiro atoms. The number of benzene rings is 4. The van der Waals surface area contributed by atoms with Crippen LogP contribution in [0, 0.1) is 16.2 Å². The summed E-state index contributed by atoms with van der Waals surface area (Å²) in [6, 6.07) is 37.8. The van der Waals surface area contributed by atoms with Crippen molar-refractivity contribution in [3.8, 4) is 0 Å². The van der Waals surface area contributed by atoms with Gasteiger partial charge in [-0.05, 0) is 41.5 Å². The maximum atomic E-state index is 14.3. The standard InChI is InChI=1S/C38H40N2O4/c1-36(33(41)39-31(27-16-8-4-9-17-27)28-18-10-5-11-19-28)24-37(2,26-38(3,25-36)35(43)44)34(42)40-32(29-20-12-6-13-21-29)30-22-14-7-15-23-30/h4-23,31-32H,24-26H2,1-3H3,(H,39,41)(H,40,42)(H,43,44)/p-1/t36-,37+,38?. The molecular weight excluding hydrogens is 548 g/mol. The molecule has 1 aliphatic carbocycles. The van der Waals surface area contributed by atoms with Gasteiger partial charge in [0.1, 0.15) is 0 Å². The molecule has 6 heteroatoms. The molecule has 2 amide bonds. The molecule has 2 N–H and O–H groups in total. The number of hydrogen-bond donors (Lipinski definition) is 2. The fourth-order valence-corrected chi connectivity index (χ4v) is 7.15. The van der Waals surface area contributed by atoms with E-state index in [2.05, 4.69) is 10.6 Å². The van der Waals surface area contributed by atoms with E-state index in [4.69, 9.17) is 0 Å². The molecule has 0 aromatic heterocycles. The second kappa shape index (κ2) is 12.5. The number of aliphatic carboxylic acids is 1. The third-order valence-corrected chi connectivity index (χ3v) is 9.01. The number of amides is 2. The lowest BCUT2D eigenvalue weighted by Crippen LogP contribution is -2.58. The van der Waals surface area contributed by atoms with Crippen molar-refractivity contribution in [3.05, 3.63) is 144 Å². The van der Waals surface area contributed by atoms with Crippen LogP contribution in [0.1, 0.15) is 74.4 Å². The lowest BCUT2D eigenvalue weighted by Gasteiger charge is -2.52. The van der Waals surface area contributed by atoms with Crippen molar-refractivity contribution in [2.24, 2.45) is 16.2 Å². The molecule has 1 aliphatic rings. The molecule has 1 saturated carbocycles. The number of nitrogens with one attached hydrogen (secondary N) is 2. The van der Waals surface area contributed by atoms with Crippen LogP contribution in [-0.4, -0.2) is 17.8 Å². The molecule has 0 bridgehead atoms. The van der Waals surface area contributed by atoms with E-state index in [0.717, 1.165) is 22.3 Å². The van der Waals surface area contributed by atoms with Crippen molar-refractivity contribution in [2.45, 2.75) is 52.1 Å². The maximum Gasteiger partial charge on any atom is 0.226 e. The Kier molecular flexibility index (Phi) is 8.73. The fourth-order valence-electron chi connectivity index (χ4n) is 7.15. The number of carbonyl (C=O) groups excluding carboxylic acids is 3. The fraction of sp³-hybridized carbons (Fsp3) is 0.289. The monoisotopic (exact) mass is 587 g/mol. The van der Waals surface area contributed by atoms with Gasteiger partial charge >= 0.3 is 0 Å².